The van der Waals surface area contributed by atoms with E-state index in [-0.39, 0.29) is 18.6 Å². The highest BCUT2D eigenvalue weighted by atomic mass is 19.2. The first-order valence-corrected chi connectivity index (χ1v) is 9.01. The maximum absolute atomic E-state index is 13.6. The molecule has 0 bridgehead atoms. The summed E-state index contributed by atoms with van der Waals surface area (Å²) in [7, 11) is 1.82. The molecular weight excluding hydrogens is 402 g/mol. The standard InChI is InChI=1S/C21H19F4N3O2/c1-11-15(12(2)28(3)27-11)9-26-21(29)14-6-4-13(5-7-14)10-30-20-18(24)16(22)8-17(23)19(20)25/h4-8H,9-10H2,1-3H3,(H,26,29). The maximum atomic E-state index is 13.6. The number of benzene rings is 2. The third-order valence-electron chi connectivity index (χ3n) is 4.76. The molecular formula is C21H19F4N3O2. The molecule has 0 spiro atoms. The fourth-order valence-electron chi connectivity index (χ4n) is 2.93. The Balaban J connectivity index is 1.63. The molecule has 3 aromatic rings. The molecule has 3 rings (SSSR count). The minimum Gasteiger partial charge on any atom is -0.483 e. The van der Waals surface area contributed by atoms with E-state index in [1.54, 1.807) is 4.68 Å². The average Bonchev–Trinajstić information content (AvgIpc) is 2.96. The zero-order valence-corrected chi connectivity index (χ0v) is 16.5. The molecule has 0 radical (unpaired) electrons. The summed E-state index contributed by atoms with van der Waals surface area (Å²) in [6.07, 6.45) is 0. The molecule has 0 atom stereocenters. The number of carbonyl (C=O) groups excluding carboxylic acids is 1. The summed E-state index contributed by atoms with van der Waals surface area (Å²) in [6, 6.07) is 6.16. The fourth-order valence-corrected chi connectivity index (χ4v) is 2.93. The molecule has 1 heterocycles. The van der Waals surface area contributed by atoms with E-state index in [2.05, 4.69) is 10.4 Å². The Morgan fingerprint density at radius 2 is 1.67 bits per heavy atom. The number of rotatable bonds is 6. The van der Waals surface area contributed by atoms with Crippen molar-refractivity contribution >= 4 is 5.91 Å². The van der Waals surface area contributed by atoms with Crippen molar-refractivity contribution < 1.29 is 27.1 Å². The smallest absolute Gasteiger partial charge is 0.251 e. The highest BCUT2D eigenvalue weighted by Crippen LogP contribution is 2.27. The second kappa shape index (κ2) is 8.56. The second-order valence-corrected chi connectivity index (χ2v) is 6.74. The molecule has 1 aromatic heterocycles. The van der Waals surface area contributed by atoms with E-state index in [0.717, 1.165) is 17.0 Å². The van der Waals surface area contributed by atoms with E-state index in [1.807, 2.05) is 20.9 Å². The van der Waals surface area contributed by atoms with E-state index < -0.39 is 29.0 Å². The van der Waals surface area contributed by atoms with Crippen LogP contribution in [0, 0.1) is 37.1 Å². The van der Waals surface area contributed by atoms with Gasteiger partial charge in [-0.2, -0.15) is 13.9 Å². The molecule has 0 aliphatic rings. The lowest BCUT2D eigenvalue weighted by molar-refractivity contribution is 0.0950. The molecule has 0 fully saturated rings. The van der Waals surface area contributed by atoms with Crippen LogP contribution in [-0.2, 0) is 20.2 Å². The Labute approximate surface area is 170 Å². The molecule has 0 saturated heterocycles. The van der Waals surface area contributed by atoms with Gasteiger partial charge in [0.1, 0.15) is 6.61 Å². The van der Waals surface area contributed by atoms with Gasteiger partial charge in [0, 0.05) is 36.5 Å². The summed E-state index contributed by atoms with van der Waals surface area (Å²) in [5.41, 5.74) is 3.54. The number of hydrogen-bond acceptors (Lipinski definition) is 3. The number of nitrogens with one attached hydrogen (secondary N) is 1. The minimum absolute atomic E-state index is 0.111. The third kappa shape index (κ3) is 4.29. The lowest BCUT2D eigenvalue weighted by Gasteiger charge is -2.10. The van der Waals surface area contributed by atoms with Crippen molar-refractivity contribution in [3.63, 3.8) is 0 Å². The van der Waals surface area contributed by atoms with Crippen LogP contribution in [0.2, 0.25) is 0 Å². The summed E-state index contributed by atoms with van der Waals surface area (Å²) in [5.74, 6) is -7.74. The SMILES string of the molecule is Cc1nn(C)c(C)c1CNC(=O)c1ccc(COc2c(F)c(F)cc(F)c2F)cc1. The third-order valence-corrected chi connectivity index (χ3v) is 4.76. The van der Waals surface area contributed by atoms with Crippen molar-refractivity contribution in [2.75, 3.05) is 0 Å². The normalized spacial score (nSPS) is 10.9. The van der Waals surface area contributed by atoms with Gasteiger partial charge in [-0.15, -0.1) is 0 Å². The first-order chi connectivity index (χ1) is 14.2. The van der Waals surface area contributed by atoms with Crippen LogP contribution in [0.15, 0.2) is 30.3 Å². The van der Waals surface area contributed by atoms with Crippen LogP contribution in [0.25, 0.3) is 0 Å². The molecule has 1 N–H and O–H groups in total. The van der Waals surface area contributed by atoms with Gasteiger partial charge in [0.15, 0.2) is 17.4 Å². The zero-order chi connectivity index (χ0) is 22.0. The quantitative estimate of drug-likeness (QED) is 0.482. The molecule has 5 nitrogen and oxygen atoms in total. The molecule has 158 valence electrons. The molecule has 0 saturated carbocycles. The van der Waals surface area contributed by atoms with Gasteiger partial charge >= 0.3 is 0 Å². The first kappa shape index (κ1) is 21.4. The maximum Gasteiger partial charge on any atom is 0.251 e. The average molecular weight is 421 g/mol. The molecule has 1 amide bonds. The van der Waals surface area contributed by atoms with E-state index in [0.29, 0.717) is 17.7 Å². The molecule has 0 aliphatic carbocycles. The number of nitrogens with zero attached hydrogens (tertiary/aromatic N) is 2. The van der Waals surface area contributed by atoms with E-state index in [1.165, 1.54) is 24.3 Å². The summed E-state index contributed by atoms with van der Waals surface area (Å²) in [4.78, 5) is 12.4. The van der Waals surface area contributed by atoms with Gasteiger partial charge in [-0.05, 0) is 31.5 Å². The van der Waals surface area contributed by atoms with Crippen LogP contribution in [0.4, 0.5) is 17.6 Å². The van der Waals surface area contributed by atoms with Crippen molar-refractivity contribution in [2.24, 2.45) is 7.05 Å². The monoisotopic (exact) mass is 421 g/mol. The number of aryl methyl sites for hydroxylation is 2. The van der Waals surface area contributed by atoms with Crippen molar-refractivity contribution in [3.05, 3.63) is 81.7 Å². The fraction of sp³-hybridized carbons (Fsp3) is 0.238. The van der Waals surface area contributed by atoms with Crippen LogP contribution in [0.5, 0.6) is 5.75 Å². The van der Waals surface area contributed by atoms with Gasteiger partial charge < -0.3 is 10.1 Å². The van der Waals surface area contributed by atoms with Gasteiger partial charge in [0.05, 0.1) is 5.69 Å². The Kier molecular flexibility index (Phi) is 6.09. The predicted molar refractivity (Wildman–Crippen MR) is 101 cm³/mol. The lowest BCUT2D eigenvalue weighted by atomic mass is 10.1. The van der Waals surface area contributed by atoms with Gasteiger partial charge in [0.25, 0.3) is 5.91 Å². The van der Waals surface area contributed by atoms with E-state index in [9.17, 15) is 22.4 Å². The Bertz CT molecular complexity index is 1070. The second-order valence-electron chi connectivity index (χ2n) is 6.74. The Hall–Kier alpha value is -3.36. The molecule has 9 heteroatoms. The van der Waals surface area contributed by atoms with Crippen molar-refractivity contribution in [2.45, 2.75) is 27.0 Å². The van der Waals surface area contributed by atoms with Crippen molar-refractivity contribution in [1.29, 1.82) is 0 Å². The minimum atomic E-state index is -1.61. The summed E-state index contributed by atoms with van der Waals surface area (Å²) < 4.78 is 60.4. The molecule has 30 heavy (non-hydrogen) atoms. The van der Waals surface area contributed by atoms with Crippen LogP contribution < -0.4 is 10.1 Å². The predicted octanol–water partition coefficient (Wildman–Crippen LogP) is 4.10. The van der Waals surface area contributed by atoms with Crippen LogP contribution >= 0.6 is 0 Å². The van der Waals surface area contributed by atoms with Crippen LogP contribution in [0.3, 0.4) is 0 Å². The number of ether oxygens (including phenoxy) is 1. The van der Waals surface area contributed by atoms with Gasteiger partial charge in [-0.3, -0.25) is 9.48 Å². The zero-order valence-electron chi connectivity index (χ0n) is 16.5. The summed E-state index contributed by atoms with van der Waals surface area (Å²) in [6.45, 7) is 3.75. The number of hydrogen-bond donors (Lipinski definition) is 1. The van der Waals surface area contributed by atoms with Gasteiger partial charge in [0.2, 0.25) is 11.6 Å². The topological polar surface area (TPSA) is 56.2 Å². The lowest BCUT2D eigenvalue weighted by Crippen LogP contribution is -2.23. The van der Waals surface area contributed by atoms with Gasteiger partial charge in [-0.25, -0.2) is 8.78 Å². The summed E-state index contributed by atoms with van der Waals surface area (Å²) in [5, 5.41) is 7.10. The number of aromatic nitrogens is 2. The Morgan fingerprint density at radius 1 is 1.07 bits per heavy atom. The van der Waals surface area contributed by atoms with E-state index >= 15 is 0 Å². The first-order valence-electron chi connectivity index (χ1n) is 9.01. The van der Waals surface area contributed by atoms with Gasteiger partial charge in [-0.1, -0.05) is 12.1 Å². The number of carbonyl (C=O) groups is 1. The van der Waals surface area contributed by atoms with Crippen LogP contribution in [-0.4, -0.2) is 15.7 Å². The van der Waals surface area contributed by atoms with Crippen LogP contribution in [0.1, 0.15) is 32.9 Å². The molecule has 0 aliphatic heterocycles. The number of amides is 1. The van der Waals surface area contributed by atoms with E-state index in [4.69, 9.17) is 4.74 Å². The summed E-state index contributed by atoms with van der Waals surface area (Å²) >= 11 is 0. The van der Waals surface area contributed by atoms with Crippen molar-refractivity contribution in [3.8, 4) is 5.75 Å². The Morgan fingerprint density at radius 3 is 2.20 bits per heavy atom. The molecule has 0 unspecified atom stereocenters. The largest absolute Gasteiger partial charge is 0.483 e. The highest BCUT2D eigenvalue weighted by Gasteiger charge is 2.20. The molecule has 2 aromatic carbocycles. The highest BCUT2D eigenvalue weighted by molar-refractivity contribution is 5.94. The van der Waals surface area contributed by atoms with Crippen molar-refractivity contribution in [1.82, 2.24) is 15.1 Å². The number of halogens is 4.